The molecule has 2 rings (SSSR count). The van der Waals surface area contributed by atoms with E-state index in [0.29, 0.717) is 6.04 Å². The molecule has 3 heteroatoms. The highest BCUT2D eigenvalue weighted by Crippen LogP contribution is 2.28. The van der Waals surface area contributed by atoms with Crippen LogP contribution in [0.2, 0.25) is 0 Å². The van der Waals surface area contributed by atoms with E-state index in [0.717, 1.165) is 24.5 Å². The van der Waals surface area contributed by atoms with E-state index in [1.54, 1.807) is 0 Å². The molecule has 0 saturated carbocycles. The highest BCUT2D eigenvalue weighted by Gasteiger charge is 2.15. The molecule has 1 N–H and O–H groups in total. The van der Waals surface area contributed by atoms with Crippen LogP contribution in [0.1, 0.15) is 37.4 Å². The lowest BCUT2D eigenvalue weighted by molar-refractivity contribution is 0.569. The summed E-state index contributed by atoms with van der Waals surface area (Å²) in [6.07, 6.45) is 2.99. The van der Waals surface area contributed by atoms with Crippen molar-refractivity contribution in [3.63, 3.8) is 0 Å². The van der Waals surface area contributed by atoms with Gasteiger partial charge in [-0.3, -0.25) is 0 Å². The molecule has 21 heavy (non-hydrogen) atoms. The lowest BCUT2D eigenvalue weighted by Gasteiger charge is -2.24. The van der Waals surface area contributed by atoms with Gasteiger partial charge in [0.25, 0.3) is 0 Å². The Morgan fingerprint density at radius 3 is 2.57 bits per heavy atom. The summed E-state index contributed by atoms with van der Waals surface area (Å²) in [4.78, 5) is 6.74. The lowest BCUT2D eigenvalue weighted by Crippen LogP contribution is -2.22. The molecule has 1 aromatic heterocycles. The average molecular weight is 283 g/mol. The number of nitrogens with one attached hydrogen (secondary N) is 1. The second kappa shape index (κ2) is 7.23. The van der Waals surface area contributed by atoms with E-state index >= 15 is 0 Å². The van der Waals surface area contributed by atoms with E-state index in [-0.39, 0.29) is 0 Å². The predicted molar refractivity (Wildman–Crippen MR) is 90.2 cm³/mol. The van der Waals surface area contributed by atoms with Gasteiger partial charge in [0, 0.05) is 30.5 Å². The van der Waals surface area contributed by atoms with Gasteiger partial charge in [-0.1, -0.05) is 30.7 Å². The first-order valence-electron chi connectivity index (χ1n) is 7.62. The highest BCUT2D eigenvalue weighted by atomic mass is 15.2. The van der Waals surface area contributed by atoms with Crippen molar-refractivity contribution in [2.24, 2.45) is 0 Å². The topological polar surface area (TPSA) is 28.2 Å². The summed E-state index contributed by atoms with van der Waals surface area (Å²) in [7, 11) is 2.07. The monoisotopic (exact) mass is 283 g/mol. The normalized spacial score (nSPS) is 12.2. The van der Waals surface area contributed by atoms with Crippen molar-refractivity contribution in [2.75, 3.05) is 18.5 Å². The Morgan fingerprint density at radius 2 is 1.90 bits per heavy atom. The van der Waals surface area contributed by atoms with Crippen LogP contribution in [0.3, 0.4) is 0 Å². The number of hydrogen-bond acceptors (Lipinski definition) is 3. The van der Waals surface area contributed by atoms with Crippen LogP contribution in [0.25, 0.3) is 0 Å². The number of aromatic nitrogens is 1. The molecule has 0 spiro atoms. The highest BCUT2D eigenvalue weighted by molar-refractivity contribution is 5.62. The van der Waals surface area contributed by atoms with Crippen LogP contribution in [0.15, 0.2) is 42.6 Å². The molecule has 0 aliphatic rings. The third-order valence-electron chi connectivity index (χ3n) is 3.72. The molecule has 0 aliphatic heterocycles. The van der Waals surface area contributed by atoms with E-state index in [2.05, 4.69) is 73.4 Å². The first kappa shape index (κ1) is 15.5. The van der Waals surface area contributed by atoms with Crippen LogP contribution >= 0.6 is 0 Å². The van der Waals surface area contributed by atoms with Gasteiger partial charge in [-0.2, -0.15) is 0 Å². The largest absolute Gasteiger partial charge is 0.329 e. The summed E-state index contributed by atoms with van der Waals surface area (Å²) in [5.41, 5.74) is 3.66. The Hall–Kier alpha value is -1.87. The number of pyridine rings is 1. The molecule has 1 atom stereocenters. The summed E-state index contributed by atoms with van der Waals surface area (Å²) in [5, 5.41) is 3.54. The zero-order valence-electron chi connectivity index (χ0n) is 13.4. The molecule has 112 valence electrons. The average Bonchev–Trinajstić information content (AvgIpc) is 2.52. The van der Waals surface area contributed by atoms with E-state index < -0.39 is 0 Å². The van der Waals surface area contributed by atoms with Crippen LogP contribution in [0, 0.1) is 6.92 Å². The third-order valence-corrected chi connectivity index (χ3v) is 3.72. The first-order valence-corrected chi connectivity index (χ1v) is 7.62. The maximum absolute atomic E-state index is 4.59. The quantitative estimate of drug-likeness (QED) is 0.860. The van der Waals surface area contributed by atoms with Crippen LogP contribution in [-0.2, 0) is 0 Å². The predicted octanol–water partition coefficient (Wildman–Crippen LogP) is 4.22. The number of aryl methyl sites for hydroxylation is 1. The number of rotatable bonds is 6. The van der Waals surface area contributed by atoms with Gasteiger partial charge in [-0.15, -0.1) is 0 Å². The summed E-state index contributed by atoms with van der Waals surface area (Å²) < 4.78 is 0. The molecule has 1 unspecified atom stereocenters. The molecule has 0 bridgehead atoms. The SMILES string of the molecule is CCCNC(C)c1cccnc1N(C)c1ccc(C)cc1. The maximum Gasteiger partial charge on any atom is 0.137 e. The molecule has 0 saturated heterocycles. The smallest absolute Gasteiger partial charge is 0.137 e. The summed E-state index contributed by atoms with van der Waals surface area (Å²) in [6, 6.07) is 13.0. The zero-order chi connectivity index (χ0) is 15.2. The Morgan fingerprint density at radius 1 is 1.19 bits per heavy atom. The Bertz CT molecular complexity index is 563. The molecule has 2 aromatic rings. The summed E-state index contributed by atoms with van der Waals surface area (Å²) >= 11 is 0. The molecule has 0 amide bonds. The third kappa shape index (κ3) is 3.82. The van der Waals surface area contributed by atoms with Gasteiger partial charge < -0.3 is 10.2 Å². The first-order chi connectivity index (χ1) is 10.1. The fourth-order valence-corrected chi connectivity index (χ4v) is 2.39. The Labute approximate surface area is 128 Å². The van der Waals surface area contributed by atoms with Gasteiger partial charge in [0.15, 0.2) is 0 Å². The van der Waals surface area contributed by atoms with E-state index in [1.807, 2.05) is 12.3 Å². The lowest BCUT2D eigenvalue weighted by atomic mass is 10.1. The Balaban J connectivity index is 2.28. The molecule has 3 nitrogen and oxygen atoms in total. The summed E-state index contributed by atoms with van der Waals surface area (Å²) in [6.45, 7) is 7.50. The van der Waals surface area contributed by atoms with Crippen molar-refractivity contribution >= 4 is 11.5 Å². The van der Waals surface area contributed by atoms with Crippen LogP contribution < -0.4 is 10.2 Å². The zero-order valence-corrected chi connectivity index (χ0v) is 13.4. The molecular weight excluding hydrogens is 258 g/mol. The van der Waals surface area contributed by atoms with Gasteiger partial charge in [-0.25, -0.2) is 4.98 Å². The van der Waals surface area contributed by atoms with E-state index in [9.17, 15) is 0 Å². The van der Waals surface area contributed by atoms with Gasteiger partial charge in [-0.05, 0) is 45.0 Å². The molecule has 1 heterocycles. The summed E-state index contributed by atoms with van der Waals surface area (Å²) in [5.74, 6) is 1.01. The van der Waals surface area contributed by atoms with Crippen molar-refractivity contribution in [2.45, 2.75) is 33.2 Å². The molecule has 0 radical (unpaired) electrons. The number of anilines is 2. The van der Waals surface area contributed by atoms with Crippen LogP contribution in [0.4, 0.5) is 11.5 Å². The maximum atomic E-state index is 4.59. The minimum atomic E-state index is 0.293. The van der Waals surface area contributed by atoms with E-state index in [1.165, 1.54) is 11.1 Å². The minimum absolute atomic E-state index is 0.293. The molecule has 0 fully saturated rings. The number of nitrogens with zero attached hydrogens (tertiary/aromatic N) is 2. The number of benzene rings is 1. The van der Waals surface area contributed by atoms with Gasteiger partial charge in [0.2, 0.25) is 0 Å². The van der Waals surface area contributed by atoms with Crippen molar-refractivity contribution in [1.29, 1.82) is 0 Å². The molecule has 0 aliphatic carbocycles. The van der Waals surface area contributed by atoms with Crippen molar-refractivity contribution < 1.29 is 0 Å². The minimum Gasteiger partial charge on any atom is -0.329 e. The van der Waals surface area contributed by atoms with Crippen LogP contribution in [0.5, 0.6) is 0 Å². The molecule has 1 aromatic carbocycles. The molecular formula is C18H25N3. The second-order valence-corrected chi connectivity index (χ2v) is 5.49. The van der Waals surface area contributed by atoms with Crippen molar-refractivity contribution in [1.82, 2.24) is 10.3 Å². The van der Waals surface area contributed by atoms with Gasteiger partial charge >= 0.3 is 0 Å². The van der Waals surface area contributed by atoms with Crippen LogP contribution in [-0.4, -0.2) is 18.6 Å². The van der Waals surface area contributed by atoms with Gasteiger partial charge in [0.1, 0.15) is 5.82 Å². The van der Waals surface area contributed by atoms with E-state index in [4.69, 9.17) is 0 Å². The Kier molecular flexibility index (Phi) is 5.34. The fraction of sp³-hybridized carbons (Fsp3) is 0.389. The second-order valence-electron chi connectivity index (χ2n) is 5.49. The number of hydrogen-bond donors (Lipinski definition) is 1. The van der Waals surface area contributed by atoms with Gasteiger partial charge in [0.05, 0.1) is 0 Å². The standard InChI is InChI=1S/C18H25N3/c1-5-12-19-15(3)17-7-6-13-20-18(17)21(4)16-10-8-14(2)9-11-16/h6-11,13,15,19H,5,12H2,1-4H3. The fourth-order valence-electron chi connectivity index (χ4n) is 2.39. The van der Waals surface area contributed by atoms with Crippen molar-refractivity contribution in [3.05, 3.63) is 53.7 Å². The van der Waals surface area contributed by atoms with Crippen molar-refractivity contribution in [3.8, 4) is 0 Å².